The maximum atomic E-state index is 12.2. The maximum Gasteiger partial charge on any atom is 0.266 e. The van der Waals surface area contributed by atoms with Gasteiger partial charge in [-0.25, -0.2) is 0 Å². The SMILES string of the molecule is CC1CC(C)CN(C(=O)c2sccc2N)C1. The van der Waals surface area contributed by atoms with Gasteiger partial charge >= 0.3 is 0 Å². The summed E-state index contributed by atoms with van der Waals surface area (Å²) in [5, 5.41) is 1.87. The molecule has 1 fully saturated rings. The van der Waals surface area contributed by atoms with Crippen molar-refractivity contribution in [1.29, 1.82) is 0 Å². The number of nitrogens with zero attached hydrogens (tertiary/aromatic N) is 1. The van der Waals surface area contributed by atoms with Crippen molar-refractivity contribution >= 4 is 22.9 Å². The summed E-state index contributed by atoms with van der Waals surface area (Å²) in [6.45, 7) is 6.13. The summed E-state index contributed by atoms with van der Waals surface area (Å²) in [6, 6.07) is 1.80. The lowest BCUT2D eigenvalue weighted by Gasteiger charge is -2.34. The van der Waals surface area contributed by atoms with Crippen LogP contribution >= 0.6 is 11.3 Å². The second kappa shape index (κ2) is 4.45. The molecule has 1 saturated heterocycles. The highest BCUT2D eigenvalue weighted by Crippen LogP contribution is 2.26. The van der Waals surface area contributed by atoms with Gasteiger partial charge in [0.25, 0.3) is 5.91 Å². The van der Waals surface area contributed by atoms with Crippen LogP contribution in [0.15, 0.2) is 11.4 Å². The summed E-state index contributed by atoms with van der Waals surface area (Å²) in [4.78, 5) is 14.9. The quantitative estimate of drug-likeness (QED) is 0.817. The molecule has 2 atom stereocenters. The molecule has 0 radical (unpaired) electrons. The Hall–Kier alpha value is -1.03. The molecule has 1 aromatic rings. The van der Waals surface area contributed by atoms with Crippen LogP contribution in [0.3, 0.4) is 0 Å². The van der Waals surface area contributed by atoms with Crippen molar-refractivity contribution < 1.29 is 4.79 Å². The number of likely N-dealkylation sites (tertiary alicyclic amines) is 1. The summed E-state index contributed by atoms with van der Waals surface area (Å²) in [6.07, 6.45) is 1.21. The van der Waals surface area contributed by atoms with Crippen LogP contribution < -0.4 is 5.73 Å². The third-order valence-electron chi connectivity index (χ3n) is 3.05. The van der Waals surface area contributed by atoms with E-state index in [1.54, 1.807) is 6.07 Å². The van der Waals surface area contributed by atoms with E-state index in [9.17, 15) is 4.79 Å². The van der Waals surface area contributed by atoms with Gasteiger partial charge in [0.1, 0.15) is 4.88 Å². The Kier molecular flexibility index (Phi) is 3.19. The zero-order chi connectivity index (χ0) is 11.7. The third kappa shape index (κ3) is 2.21. The minimum absolute atomic E-state index is 0.103. The number of nitrogen functional groups attached to an aromatic ring is 1. The molecule has 4 heteroatoms. The van der Waals surface area contributed by atoms with Gasteiger partial charge in [0, 0.05) is 13.1 Å². The molecular formula is C12H18N2OS. The Labute approximate surface area is 100 Å². The fourth-order valence-corrected chi connectivity index (χ4v) is 3.25. The zero-order valence-corrected chi connectivity index (χ0v) is 10.6. The predicted molar refractivity (Wildman–Crippen MR) is 67.6 cm³/mol. The Morgan fingerprint density at radius 3 is 2.56 bits per heavy atom. The second-order valence-electron chi connectivity index (χ2n) is 4.86. The summed E-state index contributed by atoms with van der Waals surface area (Å²) in [7, 11) is 0. The number of nitrogens with two attached hydrogens (primary N) is 1. The molecule has 1 aliphatic rings. The van der Waals surface area contributed by atoms with Crippen molar-refractivity contribution in [2.45, 2.75) is 20.3 Å². The van der Waals surface area contributed by atoms with Crippen molar-refractivity contribution in [1.82, 2.24) is 4.90 Å². The van der Waals surface area contributed by atoms with Crippen molar-refractivity contribution in [3.8, 4) is 0 Å². The molecule has 2 unspecified atom stereocenters. The minimum Gasteiger partial charge on any atom is -0.397 e. The average Bonchev–Trinajstić information content (AvgIpc) is 2.62. The number of hydrogen-bond acceptors (Lipinski definition) is 3. The van der Waals surface area contributed by atoms with E-state index >= 15 is 0 Å². The first-order valence-electron chi connectivity index (χ1n) is 5.70. The molecular weight excluding hydrogens is 220 g/mol. The van der Waals surface area contributed by atoms with Crippen molar-refractivity contribution in [3.63, 3.8) is 0 Å². The van der Waals surface area contributed by atoms with Gasteiger partial charge in [-0.3, -0.25) is 4.79 Å². The molecule has 0 spiro atoms. The Bertz CT molecular complexity index is 378. The summed E-state index contributed by atoms with van der Waals surface area (Å²) < 4.78 is 0. The molecule has 3 nitrogen and oxygen atoms in total. The van der Waals surface area contributed by atoms with E-state index in [1.165, 1.54) is 17.8 Å². The van der Waals surface area contributed by atoms with Crippen LogP contribution in [0.1, 0.15) is 29.9 Å². The van der Waals surface area contributed by atoms with Gasteiger partial charge in [0.05, 0.1) is 5.69 Å². The lowest BCUT2D eigenvalue weighted by Crippen LogP contribution is -2.42. The van der Waals surface area contributed by atoms with Gasteiger partial charge < -0.3 is 10.6 Å². The molecule has 0 aliphatic carbocycles. The van der Waals surface area contributed by atoms with E-state index in [4.69, 9.17) is 5.73 Å². The molecule has 0 bridgehead atoms. The smallest absolute Gasteiger partial charge is 0.266 e. The number of piperidine rings is 1. The first kappa shape index (κ1) is 11.5. The van der Waals surface area contributed by atoms with Crippen LogP contribution in [-0.2, 0) is 0 Å². The lowest BCUT2D eigenvalue weighted by molar-refractivity contribution is 0.0629. The number of anilines is 1. The standard InChI is InChI=1S/C12H18N2OS/c1-8-5-9(2)7-14(6-8)12(15)11-10(13)3-4-16-11/h3-4,8-9H,5-7,13H2,1-2H3. The number of carbonyl (C=O) groups is 1. The van der Waals surface area contributed by atoms with Crippen molar-refractivity contribution in [2.75, 3.05) is 18.8 Å². The van der Waals surface area contributed by atoms with E-state index in [0.717, 1.165) is 13.1 Å². The Balaban J connectivity index is 2.13. The molecule has 2 rings (SSSR count). The van der Waals surface area contributed by atoms with Crippen LogP contribution in [0.2, 0.25) is 0 Å². The molecule has 16 heavy (non-hydrogen) atoms. The number of hydrogen-bond donors (Lipinski definition) is 1. The fraction of sp³-hybridized carbons (Fsp3) is 0.583. The van der Waals surface area contributed by atoms with Crippen LogP contribution in [0.5, 0.6) is 0 Å². The fourth-order valence-electron chi connectivity index (χ4n) is 2.47. The summed E-state index contributed by atoms with van der Waals surface area (Å²) in [5.41, 5.74) is 6.39. The monoisotopic (exact) mass is 238 g/mol. The van der Waals surface area contributed by atoms with Crippen LogP contribution in [0.25, 0.3) is 0 Å². The molecule has 0 aromatic carbocycles. The normalized spacial score (nSPS) is 25.8. The topological polar surface area (TPSA) is 46.3 Å². The van der Waals surface area contributed by atoms with E-state index in [2.05, 4.69) is 13.8 Å². The first-order chi connectivity index (χ1) is 7.58. The van der Waals surface area contributed by atoms with Gasteiger partial charge in [-0.1, -0.05) is 13.8 Å². The van der Waals surface area contributed by atoms with Gasteiger partial charge in [0.15, 0.2) is 0 Å². The van der Waals surface area contributed by atoms with Crippen LogP contribution in [0, 0.1) is 11.8 Å². The highest BCUT2D eigenvalue weighted by atomic mass is 32.1. The Morgan fingerprint density at radius 1 is 1.44 bits per heavy atom. The van der Waals surface area contributed by atoms with E-state index in [0.29, 0.717) is 22.4 Å². The molecule has 0 saturated carbocycles. The Morgan fingerprint density at radius 2 is 2.06 bits per heavy atom. The summed E-state index contributed by atoms with van der Waals surface area (Å²) >= 11 is 1.44. The van der Waals surface area contributed by atoms with E-state index < -0.39 is 0 Å². The lowest BCUT2D eigenvalue weighted by atomic mass is 9.92. The van der Waals surface area contributed by atoms with Gasteiger partial charge in [-0.05, 0) is 29.7 Å². The zero-order valence-electron chi connectivity index (χ0n) is 9.77. The van der Waals surface area contributed by atoms with E-state index in [-0.39, 0.29) is 5.91 Å². The van der Waals surface area contributed by atoms with Crippen molar-refractivity contribution in [3.05, 3.63) is 16.3 Å². The molecule has 1 aromatic heterocycles. The highest BCUT2D eigenvalue weighted by Gasteiger charge is 2.27. The number of carbonyl (C=O) groups excluding carboxylic acids is 1. The van der Waals surface area contributed by atoms with Crippen molar-refractivity contribution in [2.24, 2.45) is 11.8 Å². The number of thiophene rings is 1. The molecule has 2 heterocycles. The largest absolute Gasteiger partial charge is 0.397 e. The summed E-state index contributed by atoms with van der Waals surface area (Å²) in [5.74, 6) is 1.29. The molecule has 2 N–H and O–H groups in total. The van der Waals surface area contributed by atoms with Crippen LogP contribution in [-0.4, -0.2) is 23.9 Å². The minimum atomic E-state index is 0.103. The number of rotatable bonds is 1. The first-order valence-corrected chi connectivity index (χ1v) is 6.58. The predicted octanol–water partition coefficient (Wildman–Crippen LogP) is 2.45. The van der Waals surface area contributed by atoms with Gasteiger partial charge in [-0.2, -0.15) is 0 Å². The van der Waals surface area contributed by atoms with Gasteiger partial charge in [-0.15, -0.1) is 11.3 Å². The maximum absolute atomic E-state index is 12.2. The third-order valence-corrected chi connectivity index (χ3v) is 3.96. The molecule has 1 aliphatic heterocycles. The molecule has 1 amide bonds. The average molecular weight is 238 g/mol. The second-order valence-corrected chi connectivity index (χ2v) is 5.78. The van der Waals surface area contributed by atoms with Crippen LogP contribution in [0.4, 0.5) is 5.69 Å². The van der Waals surface area contributed by atoms with Gasteiger partial charge in [0.2, 0.25) is 0 Å². The molecule has 88 valence electrons. The number of amides is 1. The highest BCUT2D eigenvalue weighted by molar-refractivity contribution is 7.12. The van der Waals surface area contributed by atoms with E-state index in [1.807, 2.05) is 10.3 Å².